The van der Waals surface area contributed by atoms with Gasteiger partial charge in [-0.1, -0.05) is 54.1 Å². The zero-order chi connectivity index (χ0) is 28.4. The Hall–Kier alpha value is -4.01. The minimum atomic E-state index is -0.806. The van der Waals surface area contributed by atoms with Gasteiger partial charge in [-0.3, -0.25) is 9.59 Å². The van der Waals surface area contributed by atoms with Crippen LogP contribution in [0.25, 0.3) is 10.9 Å². The quantitative estimate of drug-likeness (QED) is 0.310. The highest BCUT2D eigenvalue weighted by molar-refractivity contribution is 6.35. The van der Waals surface area contributed by atoms with Crippen molar-refractivity contribution in [1.82, 2.24) is 9.88 Å². The number of likely N-dealkylation sites (N-methyl/N-ethyl adjacent to an activating group) is 1. The molecule has 3 aromatic carbocycles. The van der Waals surface area contributed by atoms with Gasteiger partial charge in [0, 0.05) is 42.8 Å². The number of hydrogen-bond acceptors (Lipinski definition) is 5. The predicted molar refractivity (Wildman–Crippen MR) is 155 cm³/mol. The number of nitrogens with zero attached hydrogens (tertiary/aromatic N) is 2. The Morgan fingerprint density at radius 1 is 1.07 bits per heavy atom. The van der Waals surface area contributed by atoms with Crippen molar-refractivity contribution in [2.24, 2.45) is 0 Å². The van der Waals surface area contributed by atoms with Crippen LogP contribution in [0.5, 0.6) is 11.5 Å². The van der Waals surface area contributed by atoms with Crippen LogP contribution in [0.15, 0.2) is 66.7 Å². The van der Waals surface area contributed by atoms with Crippen LogP contribution in [0.4, 0.5) is 5.69 Å². The van der Waals surface area contributed by atoms with Gasteiger partial charge < -0.3 is 29.4 Å². The molecule has 2 amide bonds. The molecule has 8 nitrogen and oxygen atoms in total. The maximum absolute atomic E-state index is 13.8. The van der Waals surface area contributed by atoms with Crippen molar-refractivity contribution in [2.45, 2.75) is 45.4 Å². The summed E-state index contributed by atoms with van der Waals surface area (Å²) in [7, 11) is 1.68. The highest BCUT2D eigenvalue weighted by Gasteiger charge is 2.28. The molecule has 4 aromatic rings. The van der Waals surface area contributed by atoms with Crippen molar-refractivity contribution < 1.29 is 24.2 Å². The van der Waals surface area contributed by atoms with E-state index in [1.54, 1.807) is 38.2 Å². The largest absolute Gasteiger partial charge is 0.454 e. The van der Waals surface area contributed by atoms with Crippen LogP contribution in [-0.2, 0) is 29.0 Å². The Morgan fingerprint density at radius 3 is 2.58 bits per heavy atom. The van der Waals surface area contributed by atoms with Gasteiger partial charge in [0.2, 0.25) is 18.6 Å². The van der Waals surface area contributed by atoms with Crippen molar-refractivity contribution in [3.63, 3.8) is 0 Å². The number of ether oxygens (including phenoxy) is 2. The minimum absolute atomic E-state index is 0.0573. The first-order valence-electron chi connectivity index (χ1n) is 13.2. The van der Waals surface area contributed by atoms with E-state index in [-0.39, 0.29) is 25.0 Å². The third-order valence-electron chi connectivity index (χ3n) is 7.20. The van der Waals surface area contributed by atoms with Gasteiger partial charge in [-0.15, -0.1) is 0 Å². The molecule has 0 radical (unpaired) electrons. The van der Waals surface area contributed by atoms with Crippen molar-refractivity contribution in [3.8, 4) is 11.5 Å². The molecule has 0 bridgehead atoms. The summed E-state index contributed by atoms with van der Waals surface area (Å²) in [5.41, 5.74) is 4.00. The summed E-state index contributed by atoms with van der Waals surface area (Å²) in [6.45, 7) is 4.12. The number of anilines is 1. The lowest BCUT2D eigenvalue weighted by molar-refractivity contribution is -0.127. The van der Waals surface area contributed by atoms with Crippen LogP contribution in [0, 0.1) is 6.92 Å². The van der Waals surface area contributed by atoms with Gasteiger partial charge in [-0.25, -0.2) is 0 Å². The summed E-state index contributed by atoms with van der Waals surface area (Å²) in [5.74, 6) is 0.660. The van der Waals surface area contributed by atoms with Gasteiger partial charge in [0.15, 0.2) is 11.5 Å². The molecule has 1 aliphatic rings. The molecule has 2 atom stereocenters. The van der Waals surface area contributed by atoms with Crippen LogP contribution in [0.3, 0.4) is 0 Å². The fraction of sp³-hybridized carbons (Fsp3) is 0.290. The topological polar surface area (TPSA) is 93.0 Å². The first kappa shape index (κ1) is 27.6. The van der Waals surface area contributed by atoms with Gasteiger partial charge in [-0.2, -0.15) is 0 Å². The molecule has 2 heterocycles. The number of aliphatic hydroxyl groups is 1. The summed E-state index contributed by atoms with van der Waals surface area (Å²) in [5, 5.41) is 14.5. The number of carbonyl (C=O) groups is 2. The van der Waals surface area contributed by atoms with Gasteiger partial charge in [0.1, 0.15) is 6.04 Å². The number of carbonyl (C=O) groups excluding carboxylic acids is 2. The van der Waals surface area contributed by atoms with E-state index < -0.39 is 12.1 Å². The van der Waals surface area contributed by atoms with Crippen LogP contribution in [-0.4, -0.2) is 47.5 Å². The first-order valence-corrected chi connectivity index (χ1v) is 13.6. The van der Waals surface area contributed by atoms with Crippen LogP contribution in [0.1, 0.15) is 23.7 Å². The lowest BCUT2D eigenvalue weighted by atomic mass is 10.0. The third kappa shape index (κ3) is 5.64. The van der Waals surface area contributed by atoms with E-state index in [0.717, 1.165) is 27.7 Å². The number of para-hydroxylation sites is 1. The number of fused-ring (bicyclic) bond motifs is 2. The molecule has 1 aromatic heterocycles. The fourth-order valence-electron chi connectivity index (χ4n) is 5.18. The summed E-state index contributed by atoms with van der Waals surface area (Å²) < 4.78 is 12.8. The number of halogens is 1. The molecule has 1 unspecified atom stereocenters. The average Bonchev–Trinajstić information content (AvgIpc) is 3.51. The lowest BCUT2D eigenvalue weighted by Crippen LogP contribution is -2.49. The van der Waals surface area contributed by atoms with Crippen LogP contribution in [0.2, 0.25) is 5.02 Å². The molecule has 208 valence electrons. The standard InChI is InChI=1S/C31H32ClN3O5/c1-19(36)17-35-20(2)24(23-10-7-11-25(32)30(23)35)16-29(37)33-26(14-21-8-5-4-6-9-21)31(38)34(3)22-12-13-27-28(15-22)40-18-39-27/h4-13,15,19,26,36H,14,16-18H2,1-3H3,(H,33,37)/t19?,26-/m0/s1. The van der Waals surface area contributed by atoms with Crippen LogP contribution < -0.4 is 19.7 Å². The molecule has 0 fully saturated rings. The third-order valence-corrected chi connectivity index (χ3v) is 7.50. The summed E-state index contributed by atoms with van der Waals surface area (Å²) >= 11 is 6.54. The van der Waals surface area contributed by atoms with Crippen molar-refractivity contribution in [2.75, 3.05) is 18.7 Å². The van der Waals surface area contributed by atoms with Crippen molar-refractivity contribution >= 4 is 40.0 Å². The number of benzene rings is 3. The fourth-order valence-corrected chi connectivity index (χ4v) is 5.46. The number of aromatic nitrogens is 1. The van der Waals surface area contributed by atoms with Gasteiger partial charge in [0.05, 0.1) is 23.1 Å². The van der Waals surface area contributed by atoms with Crippen molar-refractivity contribution in [1.29, 1.82) is 0 Å². The SMILES string of the molecule is Cc1c(CC(=O)N[C@@H](Cc2ccccc2)C(=O)N(C)c2ccc3c(c2)OCO3)c2cccc(Cl)c2n1CC(C)O. The Kier molecular flexibility index (Phi) is 8.00. The number of aliphatic hydroxyl groups excluding tert-OH is 1. The average molecular weight is 562 g/mol. The molecule has 0 aliphatic carbocycles. The van der Waals surface area contributed by atoms with E-state index in [9.17, 15) is 14.7 Å². The monoisotopic (exact) mass is 561 g/mol. The van der Waals surface area contributed by atoms with E-state index in [0.29, 0.717) is 35.2 Å². The normalized spacial score (nSPS) is 13.7. The Balaban J connectivity index is 1.42. The maximum Gasteiger partial charge on any atom is 0.249 e. The first-order chi connectivity index (χ1) is 19.2. The molecule has 9 heteroatoms. The van der Waals surface area contributed by atoms with E-state index in [4.69, 9.17) is 21.1 Å². The second-order valence-corrected chi connectivity index (χ2v) is 10.5. The zero-order valence-corrected chi connectivity index (χ0v) is 23.4. The maximum atomic E-state index is 13.8. The van der Waals surface area contributed by atoms with Crippen molar-refractivity contribution in [3.05, 3.63) is 88.6 Å². The Bertz CT molecular complexity index is 1550. The molecule has 0 saturated carbocycles. The molecule has 2 N–H and O–H groups in total. The number of rotatable bonds is 9. The predicted octanol–water partition coefficient (Wildman–Crippen LogP) is 4.65. The number of nitrogens with one attached hydrogen (secondary N) is 1. The Morgan fingerprint density at radius 2 is 1.82 bits per heavy atom. The summed E-state index contributed by atoms with van der Waals surface area (Å²) in [6, 6.07) is 19.7. The molecule has 0 spiro atoms. The second kappa shape index (κ2) is 11.6. The lowest BCUT2D eigenvalue weighted by Gasteiger charge is -2.25. The number of amides is 2. The molecular formula is C31H32ClN3O5. The molecule has 1 aliphatic heterocycles. The molecule has 0 saturated heterocycles. The van der Waals surface area contributed by atoms with E-state index in [1.807, 2.05) is 54.0 Å². The number of hydrogen-bond donors (Lipinski definition) is 2. The highest BCUT2D eigenvalue weighted by atomic mass is 35.5. The van der Waals surface area contributed by atoms with Gasteiger partial charge in [-0.05, 0) is 43.2 Å². The summed E-state index contributed by atoms with van der Waals surface area (Å²) in [4.78, 5) is 28.8. The van der Waals surface area contributed by atoms with Gasteiger partial charge >= 0.3 is 0 Å². The molecular weight excluding hydrogens is 530 g/mol. The molecule has 40 heavy (non-hydrogen) atoms. The Labute approximate surface area is 238 Å². The van der Waals surface area contributed by atoms with Crippen LogP contribution >= 0.6 is 11.6 Å². The zero-order valence-electron chi connectivity index (χ0n) is 22.7. The van der Waals surface area contributed by atoms with E-state index in [1.165, 1.54) is 4.90 Å². The van der Waals surface area contributed by atoms with E-state index >= 15 is 0 Å². The summed E-state index contributed by atoms with van der Waals surface area (Å²) in [6.07, 6.45) is -0.205. The molecule has 5 rings (SSSR count). The smallest absolute Gasteiger partial charge is 0.249 e. The highest BCUT2D eigenvalue weighted by Crippen LogP contribution is 2.35. The second-order valence-electron chi connectivity index (χ2n) is 10.1. The van der Waals surface area contributed by atoms with E-state index in [2.05, 4.69) is 5.32 Å². The minimum Gasteiger partial charge on any atom is -0.454 e. The van der Waals surface area contributed by atoms with Gasteiger partial charge in [0.25, 0.3) is 0 Å².